The van der Waals surface area contributed by atoms with E-state index in [1.807, 2.05) is 54.6 Å². The van der Waals surface area contributed by atoms with Crippen LogP contribution in [0.1, 0.15) is 25.3 Å². The third-order valence-electron chi connectivity index (χ3n) is 4.76. The largest absolute Gasteiger partial charge is 0.497 e. The molecule has 0 spiro atoms. The summed E-state index contributed by atoms with van der Waals surface area (Å²) >= 11 is 0. The second-order valence-electron chi connectivity index (χ2n) is 6.74. The maximum absolute atomic E-state index is 12.8. The molecule has 2 rings (SSSR count). The fourth-order valence-electron chi connectivity index (χ4n) is 3.01. The Morgan fingerprint density at radius 1 is 1.03 bits per heavy atom. The van der Waals surface area contributed by atoms with Gasteiger partial charge < -0.3 is 19.7 Å². The molecule has 0 fully saturated rings. The molecule has 29 heavy (non-hydrogen) atoms. The van der Waals surface area contributed by atoms with Crippen molar-refractivity contribution in [2.75, 3.05) is 27.3 Å². The zero-order chi connectivity index (χ0) is 21.1. The van der Waals surface area contributed by atoms with Gasteiger partial charge in [0.15, 0.2) is 0 Å². The van der Waals surface area contributed by atoms with Crippen LogP contribution in [0.3, 0.4) is 0 Å². The summed E-state index contributed by atoms with van der Waals surface area (Å²) in [5.41, 5.74) is 1.14. The summed E-state index contributed by atoms with van der Waals surface area (Å²) in [6.45, 7) is 2.69. The van der Waals surface area contributed by atoms with Crippen molar-refractivity contribution in [1.29, 1.82) is 0 Å². The smallest absolute Gasteiger partial charge is 0.242 e. The Morgan fingerprint density at radius 2 is 1.69 bits per heavy atom. The lowest BCUT2D eigenvalue weighted by atomic mass is 10.1. The van der Waals surface area contributed by atoms with Gasteiger partial charge in [-0.25, -0.2) is 0 Å². The van der Waals surface area contributed by atoms with Gasteiger partial charge in [0.05, 0.1) is 13.7 Å². The maximum Gasteiger partial charge on any atom is 0.242 e. The van der Waals surface area contributed by atoms with Crippen molar-refractivity contribution >= 4 is 11.8 Å². The molecule has 0 aromatic heterocycles. The second-order valence-corrected chi connectivity index (χ2v) is 6.74. The average molecular weight is 399 g/mol. The van der Waals surface area contributed by atoms with Crippen LogP contribution >= 0.6 is 0 Å². The van der Waals surface area contributed by atoms with E-state index >= 15 is 0 Å². The lowest BCUT2D eigenvalue weighted by Crippen LogP contribution is -2.48. The standard InChI is InChI=1S/C23H30N2O4/c1-18(23(27)24-2)25(16-15-19-8-5-4-6-9-19)22(26)10-7-17-29-21-13-11-20(28-3)12-14-21/h4-6,8-9,11-14,18H,7,10,15-17H2,1-3H3,(H,24,27)/t18-/m0/s1. The molecule has 2 aromatic carbocycles. The SMILES string of the molecule is CNC(=O)[C@H](C)N(CCc1ccccc1)C(=O)CCCOc1ccc(OC)cc1. The lowest BCUT2D eigenvalue weighted by molar-refractivity contribution is -0.139. The van der Waals surface area contributed by atoms with Crippen molar-refractivity contribution in [3.05, 3.63) is 60.2 Å². The zero-order valence-corrected chi connectivity index (χ0v) is 17.4. The Bertz CT molecular complexity index is 762. The monoisotopic (exact) mass is 398 g/mol. The van der Waals surface area contributed by atoms with E-state index in [1.54, 1.807) is 26.0 Å². The number of nitrogens with one attached hydrogen (secondary N) is 1. The van der Waals surface area contributed by atoms with Gasteiger partial charge in [-0.2, -0.15) is 0 Å². The van der Waals surface area contributed by atoms with Crippen molar-refractivity contribution in [2.45, 2.75) is 32.2 Å². The summed E-state index contributed by atoms with van der Waals surface area (Å²) in [6.07, 6.45) is 1.61. The summed E-state index contributed by atoms with van der Waals surface area (Å²) < 4.78 is 10.8. The van der Waals surface area contributed by atoms with Gasteiger partial charge in [0.2, 0.25) is 11.8 Å². The molecule has 2 aromatic rings. The quantitative estimate of drug-likeness (QED) is 0.591. The Kier molecular flexibility index (Phi) is 9.02. The molecule has 6 heteroatoms. The molecule has 0 unspecified atom stereocenters. The molecule has 156 valence electrons. The lowest BCUT2D eigenvalue weighted by Gasteiger charge is -2.28. The first-order valence-corrected chi connectivity index (χ1v) is 9.87. The van der Waals surface area contributed by atoms with Gasteiger partial charge in [-0.05, 0) is 49.6 Å². The minimum Gasteiger partial charge on any atom is -0.497 e. The number of hydrogen-bond acceptors (Lipinski definition) is 4. The van der Waals surface area contributed by atoms with E-state index in [0.717, 1.165) is 17.1 Å². The first kappa shape index (κ1) is 22.3. The molecule has 0 heterocycles. The van der Waals surface area contributed by atoms with Gasteiger partial charge in [-0.3, -0.25) is 9.59 Å². The molecule has 6 nitrogen and oxygen atoms in total. The molecule has 1 N–H and O–H groups in total. The Labute approximate surface area is 172 Å². The third-order valence-corrected chi connectivity index (χ3v) is 4.76. The fourth-order valence-corrected chi connectivity index (χ4v) is 3.01. The van der Waals surface area contributed by atoms with Crippen LogP contribution in [0.15, 0.2) is 54.6 Å². The number of hydrogen-bond donors (Lipinski definition) is 1. The van der Waals surface area contributed by atoms with E-state index in [4.69, 9.17) is 9.47 Å². The number of likely N-dealkylation sites (N-methyl/N-ethyl adjacent to an activating group) is 1. The molecule has 0 aliphatic heterocycles. The number of carbonyl (C=O) groups excluding carboxylic acids is 2. The number of amides is 2. The predicted molar refractivity (Wildman–Crippen MR) is 113 cm³/mol. The van der Waals surface area contributed by atoms with Crippen LogP contribution in [0, 0.1) is 0 Å². The van der Waals surface area contributed by atoms with Gasteiger partial charge >= 0.3 is 0 Å². The molecular weight excluding hydrogens is 368 g/mol. The van der Waals surface area contributed by atoms with Gasteiger partial charge in [-0.1, -0.05) is 30.3 Å². The molecule has 1 atom stereocenters. The Balaban J connectivity index is 1.87. The molecular formula is C23H30N2O4. The highest BCUT2D eigenvalue weighted by Crippen LogP contribution is 2.17. The Hall–Kier alpha value is -3.02. The van der Waals surface area contributed by atoms with Gasteiger partial charge in [0.25, 0.3) is 0 Å². The summed E-state index contributed by atoms with van der Waals surface area (Å²) in [5, 5.41) is 2.63. The summed E-state index contributed by atoms with van der Waals surface area (Å²) in [4.78, 5) is 26.5. The molecule has 0 aliphatic carbocycles. The summed E-state index contributed by atoms with van der Waals surface area (Å²) in [7, 11) is 3.20. The second kappa shape index (κ2) is 11.7. The van der Waals surface area contributed by atoms with E-state index in [1.165, 1.54) is 0 Å². The average Bonchev–Trinajstić information content (AvgIpc) is 2.77. The van der Waals surface area contributed by atoms with Crippen molar-refractivity contribution in [3.63, 3.8) is 0 Å². The highest BCUT2D eigenvalue weighted by molar-refractivity contribution is 5.87. The van der Waals surface area contributed by atoms with Crippen LogP contribution in [0.2, 0.25) is 0 Å². The predicted octanol–water partition coefficient (Wildman–Crippen LogP) is 3.06. The van der Waals surface area contributed by atoms with Crippen molar-refractivity contribution in [2.24, 2.45) is 0 Å². The van der Waals surface area contributed by atoms with E-state index < -0.39 is 6.04 Å². The van der Waals surface area contributed by atoms with E-state index in [2.05, 4.69) is 5.32 Å². The van der Waals surface area contributed by atoms with Gasteiger partial charge in [0, 0.05) is 20.0 Å². The minimum absolute atomic E-state index is 0.0460. The highest BCUT2D eigenvalue weighted by atomic mass is 16.5. The van der Waals surface area contributed by atoms with Crippen LogP contribution in [-0.2, 0) is 16.0 Å². The molecule has 0 saturated heterocycles. The topological polar surface area (TPSA) is 67.9 Å². The number of rotatable bonds is 11. The highest BCUT2D eigenvalue weighted by Gasteiger charge is 2.24. The molecule has 0 bridgehead atoms. The van der Waals surface area contributed by atoms with Crippen molar-refractivity contribution < 1.29 is 19.1 Å². The van der Waals surface area contributed by atoms with Crippen molar-refractivity contribution in [3.8, 4) is 11.5 Å². The third kappa shape index (κ3) is 7.14. The van der Waals surface area contributed by atoms with Gasteiger partial charge in [-0.15, -0.1) is 0 Å². The van der Waals surface area contributed by atoms with E-state index in [0.29, 0.717) is 32.4 Å². The number of nitrogens with zero attached hydrogens (tertiary/aromatic N) is 1. The fraction of sp³-hybridized carbons (Fsp3) is 0.391. The first-order valence-electron chi connectivity index (χ1n) is 9.87. The molecule has 0 radical (unpaired) electrons. The van der Waals surface area contributed by atoms with Crippen molar-refractivity contribution in [1.82, 2.24) is 10.2 Å². The number of carbonyl (C=O) groups is 2. The van der Waals surface area contributed by atoms with Crippen LogP contribution in [0.5, 0.6) is 11.5 Å². The van der Waals surface area contributed by atoms with Crippen LogP contribution in [-0.4, -0.2) is 50.1 Å². The van der Waals surface area contributed by atoms with Crippen LogP contribution < -0.4 is 14.8 Å². The number of methoxy groups -OCH3 is 1. The maximum atomic E-state index is 12.8. The molecule has 2 amide bonds. The number of benzene rings is 2. The van der Waals surface area contributed by atoms with E-state index in [-0.39, 0.29) is 11.8 Å². The summed E-state index contributed by atoms with van der Waals surface area (Å²) in [6, 6.07) is 16.8. The van der Waals surface area contributed by atoms with Crippen LogP contribution in [0.4, 0.5) is 0 Å². The van der Waals surface area contributed by atoms with Gasteiger partial charge in [0.1, 0.15) is 17.5 Å². The Morgan fingerprint density at radius 3 is 2.31 bits per heavy atom. The normalized spacial score (nSPS) is 11.4. The number of ether oxygens (including phenoxy) is 2. The first-order chi connectivity index (χ1) is 14.0. The minimum atomic E-state index is -0.515. The summed E-state index contributed by atoms with van der Waals surface area (Å²) in [5.74, 6) is 1.29. The molecule has 0 saturated carbocycles. The van der Waals surface area contributed by atoms with Crippen LogP contribution in [0.25, 0.3) is 0 Å². The molecule has 0 aliphatic rings. The van der Waals surface area contributed by atoms with E-state index in [9.17, 15) is 9.59 Å². The zero-order valence-electron chi connectivity index (χ0n) is 17.4.